The standard InChI is InChI=1S/C19H20N2O4S/c1-4-25-19(24)16-12(2)15(17(23)20-3)18(26-16)21-14(22)11-10-13-8-6-5-7-9-13/h5-11H,4H2,1-3H3,(H,20,23)(H,21,22)/b11-10+. The molecule has 0 radical (unpaired) electrons. The van der Waals surface area contributed by atoms with Crippen LogP contribution >= 0.6 is 11.3 Å². The molecule has 7 heteroatoms. The molecule has 0 spiro atoms. The number of carbonyl (C=O) groups is 3. The van der Waals surface area contributed by atoms with Crippen LogP contribution in [0.5, 0.6) is 0 Å². The number of rotatable bonds is 6. The lowest BCUT2D eigenvalue weighted by atomic mass is 10.1. The van der Waals surface area contributed by atoms with Crippen LogP contribution in [0.1, 0.15) is 38.1 Å². The first-order valence-electron chi connectivity index (χ1n) is 8.04. The van der Waals surface area contributed by atoms with Gasteiger partial charge in [-0.25, -0.2) is 4.79 Å². The third-order valence-electron chi connectivity index (χ3n) is 3.53. The molecule has 0 fully saturated rings. The van der Waals surface area contributed by atoms with Gasteiger partial charge in [-0.1, -0.05) is 30.3 Å². The number of thiophene rings is 1. The Morgan fingerprint density at radius 1 is 1.19 bits per heavy atom. The van der Waals surface area contributed by atoms with Crippen molar-refractivity contribution in [2.45, 2.75) is 13.8 Å². The summed E-state index contributed by atoms with van der Waals surface area (Å²) in [4.78, 5) is 36.8. The first kappa shape index (κ1) is 19.4. The van der Waals surface area contributed by atoms with E-state index >= 15 is 0 Å². The molecule has 136 valence electrons. The Labute approximate surface area is 155 Å². The maximum absolute atomic E-state index is 12.2. The number of hydrogen-bond acceptors (Lipinski definition) is 5. The Hall–Kier alpha value is -2.93. The van der Waals surface area contributed by atoms with Crippen molar-refractivity contribution in [1.29, 1.82) is 0 Å². The van der Waals surface area contributed by atoms with Crippen molar-refractivity contribution < 1.29 is 19.1 Å². The van der Waals surface area contributed by atoms with Crippen LogP contribution in [0.15, 0.2) is 36.4 Å². The number of nitrogens with one attached hydrogen (secondary N) is 2. The highest BCUT2D eigenvalue weighted by molar-refractivity contribution is 7.18. The second-order valence-corrected chi connectivity index (χ2v) is 6.31. The predicted octanol–water partition coefficient (Wildman–Crippen LogP) is 3.24. The lowest BCUT2D eigenvalue weighted by Gasteiger charge is -2.04. The van der Waals surface area contributed by atoms with Crippen molar-refractivity contribution in [3.05, 3.63) is 58.0 Å². The van der Waals surface area contributed by atoms with E-state index in [1.165, 1.54) is 13.1 Å². The molecule has 0 saturated carbocycles. The largest absolute Gasteiger partial charge is 0.462 e. The molecular weight excluding hydrogens is 352 g/mol. The molecule has 0 atom stereocenters. The second-order valence-electron chi connectivity index (χ2n) is 5.29. The fourth-order valence-electron chi connectivity index (χ4n) is 2.28. The van der Waals surface area contributed by atoms with Crippen molar-refractivity contribution in [3.63, 3.8) is 0 Å². The van der Waals surface area contributed by atoms with Gasteiger partial charge in [0.25, 0.3) is 5.91 Å². The van der Waals surface area contributed by atoms with Gasteiger partial charge < -0.3 is 15.4 Å². The molecule has 1 aromatic carbocycles. The monoisotopic (exact) mass is 372 g/mol. The number of esters is 1. The summed E-state index contributed by atoms with van der Waals surface area (Å²) in [6.07, 6.45) is 3.05. The normalized spacial score (nSPS) is 10.6. The highest BCUT2D eigenvalue weighted by atomic mass is 32.1. The Bertz CT molecular complexity index is 841. The molecule has 2 amide bonds. The van der Waals surface area contributed by atoms with E-state index in [0.717, 1.165) is 16.9 Å². The number of hydrogen-bond donors (Lipinski definition) is 2. The summed E-state index contributed by atoms with van der Waals surface area (Å²) in [5, 5.41) is 5.52. The van der Waals surface area contributed by atoms with Crippen LogP contribution in [0.2, 0.25) is 0 Å². The summed E-state index contributed by atoms with van der Waals surface area (Å²) in [5.41, 5.74) is 1.63. The zero-order chi connectivity index (χ0) is 19.1. The molecule has 1 aromatic heterocycles. The zero-order valence-corrected chi connectivity index (χ0v) is 15.6. The predicted molar refractivity (Wildman–Crippen MR) is 103 cm³/mol. The smallest absolute Gasteiger partial charge is 0.348 e. The van der Waals surface area contributed by atoms with Gasteiger partial charge >= 0.3 is 5.97 Å². The maximum Gasteiger partial charge on any atom is 0.348 e. The van der Waals surface area contributed by atoms with E-state index in [9.17, 15) is 14.4 Å². The Balaban J connectivity index is 2.28. The minimum absolute atomic E-state index is 0.229. The van der Waals surface area contributed by atoms with Gasteiger partial charge in [-0.3, -0.25) is 9.59 Å². The Morgan fingerprint density at radius 3 is 2.50 bits per heavy atom. The Morgan fingerprint density at radius 2 is 1.88 bits per heavy atom. The second kappa shape index (κ2) is 8.96. The molecule has 0 aliphatic heterocycles. The average molecular weight is 372 g/mol. The van der Waals surface area contributed by atoms with Gasteiger partial charge in [0, 0.05) is 13.1 Å². The molecule has 0 unspecified atom stereocenters. The summed E-state index contributed by atoms with van der Waals surface area (Å²) >= 11 is 1.03. The van der Waals surface area contributed by atoms with E-state index in [1.54, 1.807) is 19.9 Å². The van der Waals surface area contributed by atoms with E-state index in [-0.39, 0.29) is 18.1 Å². The number of amides is 2. The number of ether oxygens (including phenoxy) is 1. The van der Waals surface area contributed by atoms with E-state index in [2.05, 4.69) is 10.6 Å². The quantitative estimate of drug-likeness (QED) is 0.602. The van der Waals surface area contributed by atoms with E-state index in [4.69, 9.17) is 4.74 Å². The SMILES string of the molecule is CCOC(=O)c1sc(NC(=O)/C=C/c2ccccc2)c(C(=O)NC)c1C. The third-order valence-corrected chi connectivity index (χ3v) is 4.71. The minimum atomic E-state index is -0.513. The summed E-state index contributed by atoms with van der Waals surface area (Å²) in [7, 11) is 1.49. The van der Waals surface area contributed by atoms with Crippen LogP contribution in [0.25, 0.3) is 6.08 Å². The molecule has 2 aromatic rings. The number of benzene rings is 1. The molecule has 2 N–H and O–H groups in total. The first-order valence-corrected chi connectivity index (χ1v) is 8.86. The highest BCUT2D eigenvalue weighted by Gasteiger charge is 2.25. The van der Waals surface area contributed by atoms with Crippen molar-refractivity contribution in [3.8, 4) is 0 Å². The van der Waals surface area contributed by atoms with Crippen LogP contribution in [0.3, 0.4) is 0 Å². The van der Waals surface area contributed by atoms with Crippen molar-refractivity contribution in [2.24, 2.45) is 0 Å². The lowest BCUT2D eigenvalue weighted by molar-refractivity contribution is -0.111. The van der Waals surface area contributed by atoms with Crippen LogP contribution in [-0.2, 0) is 9.53 Å². The van der Waals surface area contributed by atoms with Crippen LogP contribution in [0.4, 0.5) is 5.00 Å². The van der Waals surface area contributed by atoms with Gasteiger partial charge in [-0.05, 0) is 31.1 Å². The molecule has 26 heavy (non-hydrogen) atoms. The summed E-state index contributed by atoms with van der Waals surface area (Å²) in [6, 6.07) is 9.37. The molecule has 2 rings (SSSR count). The van der Waals surface area contributed by atoms with Crippen molar-refractivity contribution >= 4 is 40.2 Å². The van der Waals surface area contributed by atoms with E-state index in [0.29, 0.717) is 15.4 Å². The van der Waals surface area contributed by atoms with Crippen LogP contribution in [-0.4, -0.2) is 31.4 Å². The molecule has 0 aliphatic rings. The molecule has 0 saturated heterocycles. The van der Waals surface area contributed by atoms with Gasteiger partial charge in [-0.15, -0.1) is 11.3 Å². The molecule has 0 bridgehead atoms. The van der Waals surface area contributed by atoms with Crippen LogP contribution < -0.4 is 10.6 Å². The zero-order valence-electron chi connectivity index (χ0n) is 14.8. The van der Waals surface area contributed by atoms with Crippen molar-refractivity contribution in [2.75, 3.05) is 19.0 Å². The van der Waals surface area contributed by atoms with Gasteiger partial charge in [0.2, 0.25) is 5.91 Å². The number of carbonyl (C=O) groups excluding carboxylic acids is 3. The van der Waals surface area contributed by atoms with Gasteiger partial charge in [0.05, 0.1) is 12.2 Å². The first-order chi connectivity index (χ1) is 12.5. The summed E-state index contributed by atoms with van der Waals surface area (Å²) in [5.74, 6) is -1.28. The fraction of sp³-hybridized carbons (Fsp3) is 0.211. The van der Waals surface area contributed by atoms with Crippen LogP contribution in [0, 0.1) is 6.92 Å². The fourth-order valence-corrected chi connectivity index (χ4v) is 3.38. The van der Waals surface area contributed by atoms with Gasteiger partial charge in [0.15, 0.2) is 0 Å². The summed E-state index contributed by atoms with van der Waals surface area (Å²) < 4.78 is 5.01. The van der Waals surface area contributed by atoms with E-state index in [1.807, 2.05) is 30.3 Å². The molecule has 6 nitrogen and oxygen atoms in total. The Kier molecular flexibility index (Phi) is 6.68. The topological polar surface area (TPSA) is 84.5 Å². The number of anilines is 1. The van der Waals surface area contributed by atoms with Crippen molar-refractivity contribution in [1.82, 2.24) is 5.32 Å². The summed E-state index contributed by atoms with van der Waals surface area (Å²) in [6.45, 7) is 3.59. The average Bonchev–Trinajstić information content (AvgIpc) is 2.96. The molecular formula is C19H20N2O4S. The molecule has 0 aliphatic carbocycles. The maximum atomic E-state index is 12.2. The van der Waals surface area contributed by atoms with E-state index < -0.39 is 11.9 Å². The van der Waals surface area contributed by atoms with Gasteiger partial charge in [0.1, 0.15) is 9.88 Å². The minimum Gasteiger partial charge on any atom is -0.462 e. The highest BCUT2D eigenvalue weighted by Crippen LogP contribution is 2.33. The van der Waals surface area contributed by atoms with Gasteiger partial charge in [-0.2, -0.15) is 0 Å². The molecule has 1 heterocycles. The third kappa shape index (κ3) is 4.58. The lowest BCUT2D eigenvalue weighted by Crippen LogP contribution is -2.20.